The lowest BCUT2D eigenvalue weighted by Crippen LogP contribution is -2.21. The number of nitrogens with zero attached hydrogens (tertiary/aromatic N) is 1. The second-order valence-electron chi connectivity index (χ2n) is 4.38. The van der Waals surface area contributed by atoms with Gasteiger partial charge in [-0.25, -0.2) is 8.78 Å². The van der Waals surface area contributed by atoms with Crippen molar-refractivity contribution in [2.75, 3.05) is 18.0 Å². The normalized spacial score (nSPS) is 20.5. The van der Waals surface area contributed by atoms with Gasteiger partial charge in [-0.2, -0.15) is 0 Å². The quantitative estimate of drug-likeness (QED) is 0.751. The van der Waals surface area contributed by atoms with Gasteiger partial charge in [0.15, 0.2) is 0 Å². The van der Waals surface area contributed by atoms with Crippen LogP contribution in [0.1, 0.15) is 18.9 Å². The average Bonchev–Trinajstić information content (AvgIpc) is 2.63. The molecule has 0 N–H and O–H groups in total. The van der Waals surface area contributed by atoms with E-state index in [0.717, 1.165) is 19.5 Å². The molecule has 1 aromatic carbocycles. The Kier molecular flexibility index (Phi) is 3.47. The lowest BCUT2D eigenvalue weighted by Gasteiger charge is -2.20. The first-order valence-electron chi connectivity index (χ1n) is 5.40. The van der Waals surface area contributed by atoms with Crippen molar-refractivity contribution in [1.82, 2.24) is 0 Å². The van der Waals surface area contributed by atoms with Crippen molar-refractivity contribution in [2.24, 2.45) is 5.92 Å². The summed E-state index contributed by atoms with van der Waals surface area (Å²) in [6, 6.07) is 2.80. The number of anilines is 1. The molecule has 0 aromatic heterocycles. The third-order valence-corrected chi connectivity index (χ3v) is 3.62. The van der Waals surface area contributed by atoms with Gasteiger partial charge in [0.05, 0.1) is 0 Å². The largest absolute Gasteiger partial charge is 0.367 e. The minimum Gasteiger partial charge on any atom is -0.367 e. The zero-order valence-electron chi connectivity index (χ0n) is 9.14. The van der Waals surface area contributed by atoms with Crippen LogP contribution in [0.5, 0.6) is 0 Å². The van der Waals surface area contributed by atoms with Crippen molar-refractivity contribution in [3.63, 3.8) is 0 Å². The van der Waals surface area contributed by atoms with E-state index in [1.54, 1.807) is 4.90 Å². The van der Waals surface area contributed by atoms with Gasteiger partial charge in [0, 0.05) is 18.4 Å². The number of alkyl halides is 1. The third kappa shape index (κ3) is 2.21. The van der Waals surface area contributed by atoms with Gasteiger partial charge in [0.25, 0.3) is 0 Å². The van der Waals surface area contributed by atoms with Gasteiger partial charge in [-0.15, -0.1) is 0 Å². The molecular weight excluding hydrogens is 276 g/mol. The molecule has 1 unspecified atom stereocenters. The standard InChI is InChI=1S/C12H14BrF2N/c1-8-2-3-16(7-8)12-10(14)4-9(6-13)5-11(12)15/h4-5,8H,2-3,6-7H2,1H3. The van der Waals surface area contributed by atoms with Crippen LogP contribution in [0.3, 0.4) is 0 Å². The van der Waals surface area contributed by atoms with Gasteiger partial charge in [0.1, 0.15) is 17.3 Å². The topological polar surface area (TPSA) is 3.24 Å². The Bertz CT molecular complexity index is 372. The molecule has 0 spiro atoms. The van der Waals surface area contributed by atoms with Crippen molar-refractivity contribution in [3.05, 3.63) is 29.3 Å². The molecule has 0 bridgehead atoms. The van der Waals surface area contributed by atoms with Crippen LogP contribution >= 0.6 is 15.9 Å². The highest BCUT2D eigenvalue weighted by Gasteiger charge is 2.24. The molecule has 2 rings (SSSR count). The van der Waals surface area contributed by atoms with Crippen LogP contribution in [0.4, 0.5) is 14.5 Å². The molecule has 4 heteroatoms. The fraction of sp³-hybridized carbons (Fsp3) is 0.500. The molecule has 0 radical (unpaired) electrons. The second-order valence-corrected chi connectivity index (χ2v) is 4.94. The Hall–Kier alpha value is -0.640. The molecule has 1 atom stereocenters. The lowest BCUT2D eigenvalue weighted by molar-refractivity contribution is 0.573. The SMILES string of the molecule is CC1CCN(c2c(F)cc(CBr)cc2F)C1. The highest BCUT2D eigenvalue weighted by molar-refractivity contribution is 9.08. The molecule has 1 heterocycles. The van der Waals surface area contributed by atoms with Gasteiger partial charge in [-0.1, -0.05) is 22.9 Å². The van der Waals surface area contributed by atoms with Gasteiger partial charge in [-0.3, -0.25) is 0 Å². The summed E-state index contributed by atoms with van der Waals surface area (Å²) in [6.07, 6.45) is 0.999. The molecule has 1 aliphatic heterocycles. The summed E-state index contributed by atoms with van der Waals surface area (Å²) in [5.74, 6) is -0.401. The van der Waals surface area contributed by atoms with Crippen molar-refractivity contribution < 1.29 is 8.78 Å². The number of benzene rings is 1. The van der Waals surface area contributed by atoms with Gasteiger partial charge >= 0.3 is 0 Å². The third-order valence-electron chi connectivity index (χ3n) is 2.97. The minimum atomic E-state index is -0.455. The molecule has 16 heavy (non-hydrogen) atoms. The zero-order chi connectivity index (χ0) is 11.7. The molecule has 1 nitrogen and oxygen atoms in total. The van der Waals surface area contributed by atoms with E-state index in [1.807, 2.05) is 0 Å². The highest BCUT2D eigenvalue weighted by Crippen LogP contribution is 2.30. The minimum absolute atomic E-state index is 0.133. The van der Waals surface area contributed by atoms with Crippen LogP contribution in [0, 0.1) is 17.6 Å². The summed E-state index contributed by atoms with van der Waals surface area (Å²) in [6.45, 7) is 3.58. The van der Waals surface area contributed by atoms with E-state index < -0.39 is 11.6 Å². The Morgan fingerprint density at radius 1 is 1.38 bits per heavy atom. The highest BCUT2D eigenvalue weighted by atomic mass is 79.9. The van der Waals surface area contributed by atoms with Crippen LogP contribution in [-0.2, 0) is 5.33 Å². The van der Waals surface area contributed by atoms with E-state index >= 15 is 0 Å². The fourth-order valence-electron chi connectivity index (χ4n) is 2.14. The molecule has 1 aromatic rings. The lowest BCUT2D eigenvalue weighted by atomic mass is 10.1. The fourth-order valence-corrected chi connectivity index (χ4v) is 2.46. The van der Waals surface area contributed by atoms with Crippen LogP contribution in [0.25, 0.3) is 0 Å². The molecule has 1 fully saturated rings. The van der Waals surface area contributed by atoms with E-state index in [1.165, 1.54) is 12.1 Å². The molecule has 88 valence electrons. The average molecular weight is 290 g/mol. The van der Waals surface area contributed by atoms with Crippen LogP contribution in [0.15, 0.2) is 12.1 Å². The summed E-state index contributed by atoms with van der Waals surface area (Å²) >= 11 is 3.20. The number of hydrogen-bond donors (Lipinski definition) is 0. The van der Waals surface area contributed by atoms with Crippen LogP contribution in [0.2, 0.25) is 0 Å². The van der Waals surface area contributed by atoms with Gasteiger partial charge < -0.3 is 4.90 Å². The van der Waals surface area contributed by atoms with Crippen LogP contribution in [-0.4, -0.2) is 13.1 Å². The first kappa shape index (κ1) is 11.8. The maximum Gasteiger partial charge on any atom is 0.149 e. The molecule has 1 saturated heterocycles. The molecule has 0 saturated carbocycles. The number of rotatable bonds is 2. The summed E-state index contributed by atoms with van der Waals surface area (Å²) in [5.41, 5.74) is 0.764. The van der Waals surface area contributed by atoms with Crippen molar-refractivity contribution in [2.45, 2.75) is 18.7 Å². The Morgan fingerprint density at radius 3 is 2.44 bits per heavy atom. The second kappa shape index (κ2) is 4.70. The molecule has 0 aliphatic carbocycles. The first-order chi connectivity index (χ1) is 7.61. The Morgan fingerprint density at radius 2 is 2.00 bits per heavy atom. The maximum atomic E-state index is 13.8. The van der Waals surface area contributed by atoms with Crippen molar-refractivity contribution in [3.8, 4) is 0 Å². The maximum absolute atomic E-state index is 13.8. The Balaban J connectivity index is 2.34. The molecule has 0 amide bonds. The summed E-state index contributed by atoms with van der Waals surface area (Å²) in [4.78, 5) is 1.80. The summed E-state index contributed by atoms with van der Waals surface area (Å²) in [5, 5.41) is 0.470. The predicted molar refractivity (Wildman–Crippen MR) is 65.0 cm³/mol. The van der Waals surface area contributed by atoms with Crippen LogP contribution < -0.4 is 4.90 Å². The first-order valence-corrected chi connectivity index (χ1v) is 6.52. The van der Waals surface area contributed by atoms with E-state index in [0.29, 0.717) is 16.8 Å². The smallest absolute Gasteiger partial charge is 0.149 e. The van der Waals surface area contributed by atoms with Crippen molar-refractivity contribution >= 4 is 21.6 Å². The van der Waals surface area contributed by atoms with E-state index in [4.69, 9.17) is 0 Å². The monoisotopic (exact) mass is 289 g/mol. The Labute approximate surface area is 103 Å². The molecule has 1 aliphatic rings. The van der Waals surface area contributed by atoms with Gasteiger partial charge in [-0.05, 0) is 30.0 Å². The zero-order valence-corrected chi connectivity index (χ0v) is 10.7. The number of halogens is 3. The summed E-state index contributed by atoms with van der Waals surface area (Å²) < 4.78 is 27.5. The van der Waals surface area contributed by atoms with E-state index in [2.05, 4.69) is 22.9 Å². The van der Waals surface area contributed by atoms with E-state index in [-0.39, 0.29) is 5.69 Å². The predicted octanol–water partition coefficient (Wildman–Crippen LogP) is 3.71. The van der Waals surface area contributed by atoms with Gasteiger partial charge in [0.2, 0.25) is 0 Å². The summed E-state index contributed by atoms with van der Waals surface area (Å²) in [7, 11) is 0. The van der Waals surface area contributed by atoms with E-state index in [9.17, 15) is 8.78 Å². The molecular formula is C12H14BrF2N. The number of hydrogen-bond acceptors (Lipinski definition) is 1. The van der Waals surface area contributed by atoms with Crippen molar-refractivity contribution in [1.29, 1.82) is 0 Å².